The van der Waals surface area contributed by atoms with Crippen LogP contribution >= 0.6 is 34.8 Å². The van der Waals surface area contributed by atoms with Crippen LogP contribution in [0, 0.1) is 0 Å². The van der Waals surface area contributed by atoms with Crippen molar-refractivity contribution in [1.29, 1.82) is 0 Å². The van der Waals surface area contributed by atoms with E-state index in [1.54, 1.807) is 0 Å². The molecule has 1 aromatic rings. The molecule has 0 saturated heterocycles. The van der Waals surface area contributed by atoms with Gasteiger partial charge in [-0.05, 0) is 53.0 Å². The molecule has 0 bridgehead atoms. The third-order valence-electron chi connectivity index (χ3n) is 1.76. The van der Waals surface area contributed by atoms with E-state index in [1.165, 1.54) is 18.2 Å². The van der Waals surface area contributed by atoms with Gasteiger partial charge in [0.25, 0.3) is 15.7 Å². The van der Waals surface area contributed by atoms with Gasteiger partial charge in [-0.1, -0.05) is 0 Å². The zero-order valence-corrected chi connectivity index (χ0v) is 10.5. The summed E-state index contributed by atoms with van der Waals surface area (Å²) in [6.07, 6.45) is 0. The molecule has 90 valence electrons. The highest BCUT2D eigenvalue weighted by molar-refractivity contribution is 6.69. The molecule has 17 heavy (non-hydrogen) atoms. The van der Waals surface area contributed by atoms with E-state index in [4.69, 9.17) is 39.5 Å². The highest BCUT2D eigenvalue weighted by Crippen LogP contribution is 2.23. The summed E-state index contributed by atoms with van der Waals surface area (Å²) in [6.45, 7) is -0.410. The van der Waals surface area contributed by atoms with Crippen LogP contribution in [0.25, 0.3) is 0 Å². The first kappa shape index (κ1) is 14.0. The average molecular weight is 296 g/mol. The fourth-order valence-corrected chi connectivity index (χ4v) is 1.39. The van der Waals surface area contributed by atoms with E-state index in [0.29, 0.717) is 0 Å². The minimum atomic E-state index is -0.832. The second-order valence-corrected chi connectivity index (χ2v) is 4.01. The summed E-state index contributed by atoms with van der Waals surface area (Å²) in [6, 6.07) is 3.83. The molecule has 0 spiro atoms. The summed E-state index contributed by atoms with van der Waals surface area (Å²) >= 11 is 15.6. The lowest BCUT2D eigenvalue weighted by Gasteiger charge is -2.07. The molecule has 0 heterocycles. The molecule has 7 heteroatoms. The van der Waals surface area contributed by atoms with Crippen LogP contribution in [0.2, 0.25) is 0 Å². The van der Waals surface area contributed by atoms with Gasteiger partial charge in [0.1, 0.15) is 5.75 Å². The van der Waals surface area contributed by atoms with Gasteiger partial charge in [0.05, 0.1) is 5.56 Å². The molecule has 1 aromatic carbocycles. The zero-order valence-electron chi connectivity index (χ0n) is 8.21. The Balaban J connectivity index is 3.08. The maximum Gasteiger partial charge on any atom is 0.259 e. The molecule has 1 rings (SSSR count). The normalized spacial score (nSPS) is 9.82. The molecule has 0 N–H and O–H groups in total. The van der Waals surface area contributed by atoms with Crippen molar-refractivity contribution in [3.8, 4) is 5.75 Å². The number of benzene rings is 1. The first-order valence-corrected chi connectivity index (χ1v) is 5.40. The van der Waals surface area contributed by atoms with Crippen molar-refractivity contribution < 1.29 is 19.1 Å². The Morgan fingerprint density at radius 3 is 2.18 bits per heavy atom. The second-order valence-electron chi connectivity index (χ2n) is 2.90. The topological polar surface area (TPSA) is 60.4 Å². The smallest absolute Gasteiger partial charge is 0.259 e. The van der Waals surface area contributed by atoms with Gasteiger partial charge < -0.3 is 4.74 Å². The van der Waals surface area contributed by atoms with Crippen LogP contribution in [0.5, 0.6) is 5.75 Å². The van der Waals surface area contributed by atoms with Gasteiger partial charge in [0.15, 0.2) is 6.61 Å². The number of carbonyl (C=O) groups is 3. The lowest BCUT2D eigenvalue weighted by Crippen LogP contribution is -2.07. The first-order chi connectivity index (χ1) is 7.91. The standard InChI is InChI=1S/C10H5Cl3O4/c11-8(14)4-17-7-2-1-5(9(12)15)3-6(7)10(13)16/h1-3H,4H2. The molecule has 0 aliphatic rings. The fraction of sp³-hybridized carbons (Fsp3) is 0.100. The summed E-state index contributed by atoms with van der Waals surface area (Å²) < 4.78 is 4.95. The third kappa shape index (κ3) is 4.00. The Kier molecular flexibility index (Phi) is 4.93. The van der Waals surface area contributed by atoms with Crippen molar-refractivity contribution in [2.45, 2.75) is 0 Å². The average Bonchev–Trinajstić information content (AvgIpc) is 2.25. The SMILES string of the molecule is O=C(Cl)COc1ccc(C(=O)Cl)cc1C(=O)Cl. The van der Waals surface area contributed by atoms with Gasteiger partial charge in [-0.3, -0.25) is 14.4 Å². The van der Waals surface area contributed by atoms with E-state index in [-0.39, 0.29) is 16.9 Å². The quantitative estimate of drug-likeness (QED) is 0.783. The molecule has 0 aliphatic carbocycles. The van der Waals surface area contributed by atoms with E-state index in [2.05, 4.69) is 0 Å². The predicted molar refractivity (Wildman–Crippen MR) is 63.2 cm³/mol. The van der Waals surface area contributed by atoms with Gasteiger partial charge >= 0.3 is 0 Å². The Labute approximate surface area is 111 Å². The lowest BCUT2D eigenvalue weighted by atomic mass is 10.1. The number of ether oxygens (including phenoxy) is 1. The molecule has 0 unspecified atom stereocenters. The number of rotatable bonds is 5. The summed E-state index contributed by atoms with van der Waals surface area (Å²) in [5.74, 6) is 0.0562. The van der Waals surface area contributed by atoms with Crippen LogP contribution in [0.15, 0.2) is 18.2 Å². The third-order valence-corrected chi connectivity index (χ3v) is 2.29. The Bertz CT molecular complexity index is 484. The fourth-order valence-electron chi connectivity index (χ4n) is 1.07. The van der Waals surface area contributed by atoms with Crippen molar-refractivity contribution in [3.05, 3.63) is 29.3 Å². The summed E-state index contributed by atoms with van der Waals surface area (Å²) in [5.41, 5.74) is 0.0382. The van der Waals surface area contributed by atoms with Crippen LogP contribution in [0.4, 0.5) is 0 Å². The van der Waals surface area contributed by atoms with Crippen molar-refractivity contribution in [1.82, 2.24) is 0 Å². The van der Waals surface area contributed by atoms with Gasteiger partial charge in [-0.25, -0.2) is 0 Å². The molecular formula is C10H5Cl3O4. The Morgan fingerprint density at radius 1 is 1.06 bits per heavy atom. The van der Waals surface area contributed by atoms with Gasteiger partial charge in [-0.15, -0.1) is 0 Å². The van der Waals surface area contributed by atoms with E-state index in [0.717, 1.165) is 0 Å². The van der Waals surface area contributed by atoms with Crippen LogP contribution < -0.4 is 4.74 Å². The van der Waals surface area contributed by atoms with Crippen molar-refractivity contribution in [3.63, 3.8) is 0 Å². The minimum Gasteiger partial charge on any atom is -0.484 e. The molecule has 0 fully saturated rings. The molecule has 0 aliphatic heterocycles. The van der Waals surface area contributed by atoms with Crippen molar-refractivity contribution in [2.75, 3.05) is 6.61 Å². The molecule has 0 aromatic heterocycles. The van der Waals surface area contributed by atoms with Gasteiger partial charge in [0.2, 0.25) is 0 Å². The highest BCUT2D eigenvalue weighted by Gasteiger charge is 2.14. The van der Waals surface area contributed by atoms with Crippen LogP contribution in [0.1, 0.15) is 20.7 Å². The molecule has 4 nitrogen and oxygen atoms in total. The van der Waals surface area contributed by atoms with Crippen LogP contribution in [-0.4, -0.2) is 22.3 Å². The number of carbonyl (C=O) groups excluding carboxylic acids is 3. The number of halogens is 3. The van der Waals surface area contributed by atoms with Crippen LogP contribution in [-0.2, 0) is 4.79 Å². The Hall–Kier alpha value is -1.10. The number of hydrogen-bond donors (Lipinski definition) is 0. The van der Waals surface area contributed by atoms with E-state index < -0.39 is 22.3 Å². The lowest BCUT2D eigenvalue weighted by molar-refractivity contribution is -0.113. The summed E-state index contributed by atoms with van der Waals surface area (Å²) in [5, 5.41) is -2.29. The second kappa shape index (κ2) is 6.00. The maximum atomic E-state index is 11.1. The molecule has 0 radical (unpaired) electrons. The first-order valence-electron chi connectivity index (χ1n) is 4.26. The van der Waals surface area contributed by atoms with E-state index in [1.807, 2.05) is 0 Å². The minimum absolute atomic E-state index is 0.0562. The summed E-state index contributed by atoms with van der Waals surface area (Å²) in [7, 11) is 0. The van der Waals surface area contributed by atoms with Crippen molar-refractivity contribution >= 4 is 50.5 Å². The molecule has 0 saturated carbocycles. The van der Waals surface area contributed by atoms with Crippen molar-refractivity contribution in [2.24, 2.45) is 0 Å². The van der Waals surface area contributed by atoms with E-state index >= 15 is 0 Å². The zero-order chi connectivity index (χ0) is 13.0. The maximum absolute atomic E-state index is 11.1. The molecule has 0 atom stereocenters. The van der Waals surface area contributed by atoms with Crippen LogP contribution in [0.3, 0.4) is 0 Å². The Morgan fingerprint density at radius 2 is 1.71 bits per heavy atom. The predicted octanol–water partition coefficient (Wildman–Crippen LogP) is 2.59. The van der Waals surface area contributed by atoms with Gasteiger partial charge in [-0.2, -0.15) is 0 Å². The largest absolute Gasteiger partial charge is 0.484 e. The molecule has 0 amide bonds. The number of hydrogen-bond acceptors (Lipinski definition) is 4. The summed E-state index contributed by atoms with van der Waals surface area (Å²) in [4.78, 5) is 32.5. The monoisotopic (exact) mass is 294 g/mol. The van der Waals surface area contributed by atoms with E-state index in [9.17, 15) is 14.4 Å². The van der Waals surface area contributed by atoms with Gasteiger partial charge in [0, 0.05) is 5.56 Å². The molecular weight excluding hydrogens is 290 g/mol. The highest BCUT2D eigenvalue weighted by atomic mass is 35.5.